The van der Waals surface area contributed by atoms with Crippen LogP contribution < -0.4 is 0 Å². The Morgan fingerprint density at radius 3 is 2.22 bits per heavy atom. The predicted octanol–water partition coefficient (Wildman–Crippen LogP) is 5.18. The minimum Gasteiger partial charge on any atom is -0.0505 e. The molecule has 92 valence electrons. The number of benzene rings is 2. The molecule has 0 radical (unpaired) electrons. The van der Waals surface area contributed by atoms with Gasteiger partial charge in [0, 0.05) is 8.04 Å². The third-order valence-corrected chi connectivity index (χ3v) is 6.09. The van der Waals surface area contributed by atoms with Gasteiger partial charge in [0.05, 0.1) is 0 Å². The van der Waals surface area contributed by atoms with Crippen LogP contribution in [-0.4, -0.2) is 0 Å². The van der Waals surface area contributed by atoms with Crippen molar-refractivity contribution >= 4 is 49.3 Å². The molecule has 2 heteroatoms. The van der Waals surface area contributed by atoms with Crippen LogP contribution in [-0.2, 0) is 25.7 Å². The molecule has 0 aromatic heterocycles. The summed E-state index contributed by atoms with van der Waals surface area (Å²) in [6.45, 7) is 0. The lowest BCUT2D eigenvalue weighted by Gasteiger charge is -2.26. The standard InChI is InChI=1S/C16H14BrI/c17-13-7-9-3-2-6-12-14(18)8-10-4-1-5-11(13)15(10)16(9)12/h7-8H,1-6H2. The third kappa shape index (κ3) is 1.54. The molecule has 0 saturated carbocycles. The first-order valence-corrected chi connectivity index (χ1v) is 8.57. The largest absolute Gasteiger partial charge is 0.0505 e. The lowest BCUT2D eigenvalue weighted by Crippen LogP contribution is -2.10. The number of halogens is 2. The van der Waals surface area contributed by atoms with Crippen molar-refractivity contribution in [2.24, 2.45) is 0 Å². The molecule has 2 aromatic rings. The topological polar surface area (TPSA) is 0 Å². The summed E-state index contributed by atoms with van der Waals surface area (Å²) < 4.78 is 2.84. The van der Waals surface area contributed by atoms with Crippen LogP contribution in [0.2, 0.25) is 0 Å². The highest BCUT2D eigenvalue weighted by molar-refractivity contribution is 14.1. The molecule has 0 unspecified atom stereocenters. The van der Waals surface area contributed by atoms with Crippen molar-refractivity contribution in [3.63, 3.8) is 0 Å². The Labute approximate surface area is 129 Å². The molecule has 18 heavy (non-hydrogen) atoms. The molecule has 0 heterocycles. The van der Waals surface area contributed by atoms with Crippen LogP contribution in [0.4, 0.5) is 0 Å². The fourth-order valence-electron chi connectivity index (χ4n) is 3.67. The van der Waals surface area contributed by atoms with Gasteiger partial charge < -0.3 is 0 Å². The quantitative estimate of drug-likeness (QED) is 0.522. The summed E-state index contributed by atoms with van der Waals surface area (Å²) in [7, 11) is 0. The van der Waals surface area contributed by atoms with E-state index in [1.807, 2.05) is 0 Å². The SMILES string of the molecule is Brc1cc2c3c(c(I)cc4c3c1CCC4)CCC2. The zero-order valence-corrected chi connectivity index (χ0v) is 13.9. The van der Waals surface area contributed by atoms with Gasteiger partial charge in [-0.3, -0.25) is 0 Å². The number of hydrogen-bond acceptors (Lipinski definition) is 0. The summed E-state index contributed by atoms with van der Waals surface area (Å²) in [5.41, 5.74) is 6.34. The molecular weight excluding hydrogens is 399 g/mol. The van der Waals surface area contributed by atoms with Gasteiger partial charge >= 0.3 is 0 Å². The third-order valence-electron chi connectivity index (χ3n) is 4.42. The van der Waals surface area contributed by atoms with Crippen LogP contribution in [0.15, 0.2) is 16.6 Å². The lowest BCUT2D eigenvalue weighted by atomic mass is 9.80. The molecule has 0 saturated heterocycles. The van der Waals surface area contributed by atoms with Crippen LogP contribution in [0.25, 0.3) is 10.8 Å². The molecule has 0 amide bonds. The second-order valence-corrected chi connectivity index (χ2v) is 7.47. The summed E-state index contributed by atoms with van der Waals surface area (Å²) in [4.78, 5) is 0. The Balaban J connectivity index is 2.25. The van der Waals surface area contributed by atoms with Gasteiger partial charge in [-0.25, -0.2) is 0 Å². The Morgan fingerprint density at radius 2 is 1.44 bits per heavy atom. The summed E-state index contributed by atoms with van der Waals surface area (Å²) in [5.74, 6) is 0. The molecule has 0 aliphatic heterocycles. The zero-order chi connectivity index (χ0) is 12.3. The van der Waals surface area contributed by atoms with Crippen LogP contribution in [0.1, 0.15) is 35.1 Å². The molecule has 2 aliphatic carbocycles. The summed E-state index contributed by atoms with van der Waals surface area (Å²) in [6, 6.07) is 4.84. The van der Waals surface area contributed by atoms with Gasteiger partial charge in [-0.15, -0.1) is 0 Å². The molecule has 0 fully saturated rings. The van der Waals surface area contributed by atoms with Crippen LogP contribution >= 0.6 is 38.5 Å². The first-order chi connectivity index (χ1) is 8.75. The Bertz CT molecular complexity index is 614. The van der Waals surface area contributed by atoms with Gasteiger partial charge in [-0.2, -0.15) is 0 Å². The molecule has 0 bridgehead atoms. The van der Waals surface area contributed by atoms with Crippen LogP contribution in [0, 0.1) is 3.57 Å². The number of hydrogen-bond donors (Lipinski definition) is 0. The smallest absolute Gasteiger partial charge is 0.0216 e. The first kappa shape index (κ1) is 11.7. The summed E-state index contributed by atoms with van der Waals surface area (Å²) >= 11 is 6.34. The molecule has 0 nitrogen and oxygen atoms in total. The van der Waals surface area contributed by atoms with Crippen molar-refractivity contribution in [3.05, 3.63) is 42.4 Å². The maximum Gasteiger partial charge on any atom is 0.0216 e. The van der Waals surface area contributed by atoms with E-state index in [0.717, 1.165) is 0 Å². The van der Waals surface area contributed by atoms with E-state index in [1.165, 1.54) is 46.6 Å². The second-order valence-electron chi connectivity index (χ2n) is 5.45. The predicted molar refractivity (Wildman–Crippen MR) is 88.4 cm³/mol. The number of rotatable bonds is 0. The Hall–Kier alpha value is -0.0900. The van der Waals surface area contributed by atoms with E-state index in [-0.39, 0.29) is 0 Å². The Morgan fingerprint density at radius 1 is 0.833 bits per heavy atom. The first-order valence-electron chi connectivity index (χ1n) is 6.70. The average molecular weight is 413 g/mol. The highest BCUT2D eigenvalue weighted by atomic mass is 127. The van der Waals surface area contributed by atoms with E-state index >= 15 is 0 Å². The summed E-state index contributed by atoms with van der Waals surface area (Å²) in [5, 5.41) is 3.21. The van der Waals surface area contributed by atoms with E-state index in [4.69, 9.17) is 0 Å². The molecule has 0 spiro atoms. The molecular formula is C16H14BrI. The monoisotopic (exact) mass is 412 g/mol. The van der Waals surface area contributed by atoms with Gasteiger partial charge in [-0.1, -0.05) is 15.9 Å². The van der Waals surface area contributed by atoms with Crippen molar-refractivity contribution in [2.75, 3.05) is 0 Å². The molecule has 2 aromatic carbocycles. The normalized spacial score (nSPS) is 17.2. The van der Waals surface area contributed by atoms with Crippen molar-refractivity contribution in [1.29, 1.82) is 0 Å². The van der Waals surface area contributed by atoms with Crippen molar-refractivity contribution in [2.45, 2.75) is 38.5 Å². The fraction of sp³-hybridized carbons (Fsp3) is 0.375. The minimum absolute atomic E-state index is 1.24. The maximum absolute atomic E-state index is 3.80. The van der Waals surface area contributed by atoms with E-state index in [1.54, 1.807) is 33.0 Å². The molecule has 0 atom stereocenters. The van der Waals surface area contributed by atoms with E-state index < -0.39 is 0 Å². The molecule has 2 aliphatic rings. The van der Waals surface area contributed by atoms with Gasteiger partial charge in [0.15, 0.2) is 0 Å². The van der Waals surface area contributed by atoms with E-state index in [9.17, 15) is 0 Å². The fourth-order valence-corrected chi connectivity index (χ4v) is 5.26. The molecule has 4 rings (SSSR count). The van der Waals surface area contributed by atoms with Crippen LogP contribution in [0.3, 0.4) is 0 Å². The number of aryl methyl sites for hydroxylation is 4. The zero-order valence-electron chi connectivity index (χ0n) is 10.2. The van der Waals surface area contributed by atoms with Crippen molar-refractivity contribution in [3.8, 4) is 0 Å². The lowest BCUT2D eigenvalue weighted by molar-refractivity contribution is 0.781. The highest BCUT2D eigenvalue weighted by Crippen LogP contribution is 2.42. The molecule has 0 N–H and O–H groups in total. The van der Waals surface area contributed by atoms with Gasteiger partial charge in [-0.05, 0) is 106 Å². The van der Waals surface area contributed by atoms with Gasteiger partial charge in [0.25, 0.3) is 0 Å². The average Bonchev–Trinajstić information content (AvgIpc) is 2.38. The van der Waals surface area contributed by atoms with E-state index in [0.29, 0.717) is 0 Å². The van der Waals surface area contributed by atoms with Crippen molar-refractivity contribution in [1.82, 2.24) is 0 Å². The second kappa shape index (κ2) is 4.20. The van der Waals surface area contributed by atoms with Gasteiger partial charge in [0.2, 0.25) is 0 Å². The summed E-state index contributed by atoms with van der Waals surface area (Å²) in [6.07, 6.45) is 7.63. The highest BCUT2D eigenvalue weighted by Gasteiger charge is 2.23. The van der Waals surface area contributed by atoms with E-state index in [2.05, 4.69) is 50.7 Å². The van der Waals surface area contributed by atoms with Gasteiger partial charge in [0.1, 0.15) is 0 Å². The maximum atomic E-state index is 3.80. The Kier molecular flexibility index (Phi) is 2.74. The van der Waals surface area contributed by atoms with Crippen LogP contribution in [0.5, 0.6) is 0 Å². The minimum atomic E-state index is 1.24. The van der Waals surface area contributed by atoms with Crippen molar-refractivity contribution < 1.29 is 0 Å².